The van der Waals surface area contributed by atoms with Crippen molar-refractivity contribution in [1.29, 1.82) is 0 Å². The molecule has 0 aliphatic rings. The lowest BCUT2D eigenvalue weighted by molar-refractivity contribution is -0.116. The van der Waals surface area contributed by atoms with Crippen molar-refractivity contribution in [1.82, 2.24) is 9.62 Å². The van der Waals surface area contributed by atoms with E-state index in [2.05, 4.69) is 10.6 Å². The third-order valence-corrected chi connectivity index (χ3v) is 6.47. The number of benzene rings is 2. The summed E-state index contributed by atoms with van der Waals surface area (Å²) >= 11 is 0. The van der Waals surface area contributed by atoms with Crippen LogP contribution in [-0.2, 0) is 21.4 Å². The van der Waals surface area contributed by atoms with Crippen LogP contribution in [0.5, 0.6) is 5.75 Å². The van der Waals surface area contributed by atoms with Crippen molar-refractivity contribution in [2.45, 2.75) is 18.4 Å². The zero-order chi connectivity index (χ0) is 23.8. The van der Waals surface area contributed by atoms with Crippen LogP contribution in [0.2, 0.25) is 0 Å². The Bertz CT molecular complexity index is 1170. The fourth-order valence-corrected chi connectivity index (χ4v) is 4.40. The van der Waals surface area contributed by atoms with Crippen molar-refractivity contribution in [3.63, 3.8) is 0 Å². The molecule has 3 aromatic rings. The van der Waals surface area contributed by atoms with Gasteiger partial charge in [0.1, 0.15) is 11.5 Å². The van der Waals surface area contributed by atoms with Gasteiger partial charge in [-0.25, -0.2) is 8.42 Å². The van der Waals surface area contributed by atoms with Crippen LogP contribution in [0.15, 0.2) is 76.2 Å². The number of ether oxygens (including phenoxy) is 1. The Kier molecular flexibility index (Phi) is 7.86. The molecule has 1 heterocycles. The summed E-state index contributed by atoms with van der Waals surface area (Å²) in [6.07, 6.45) is 1.44. The molecular weight excluding hydrogens is 446 g/mol. The number of amides is 2. The average Bonchev–Trinajstić information content (AvgIpc) is 3.32. The number of nitrogens with zero attached hydrogens (tertiary/aromatic N) is 1. The van der Waals surface area contributed by atoms with Crippen molar-refractivity contribution in [2.24, 2.45) is 0 Å². The molecule has 0 spiro atoms. The van der Waals surface area contributed by atoms with E-state index in [1.165, 1.54) is 25.4 Å². The monoisotopic (exact) mass is 471 g/mol. The molecule has 0 unspecified atom stereocenters. The number of hydrogen-bond donors (Lipinski definition) is 2. The van der Waals surface area contributed by atoms with E-state index in [1.807, 2.05) is 6.92 Å². The largest absolute Gasteiger partial charge is 0.494 e. The maximum Gasteiger partial charge on any atom is 0.251 e. The molecule has 174 valence electrons. The summed E-state index contributed by atoms with van der Waals surface area (Å²) in [5.41, 5.74) is 0.872. The second-order valence-corrected chi connectivity index (χ2v) is 8.90. The summed E-state index contributed by atoms with van der Waals surface area (Å²) in [6.45, 7) is 1.74. The lowest BCUT2D eigenvalue weighted by atomic mass is 10.2. The molecule has 33 heavy (non-hydrogen) atoms. The Labute approximate surface area is 192 Å². The van der Waals surface area contributed by atoms with Crippen molar-refractivity contribution in [3.05, 3.63) is 78.3 Å². The minimum absolute atomic E-state index is 0.0280. The number of carbonyl (C=O) groups excluding carboxylic acids is 2. The zero-order valence-corrected chi connectivity index (χ0v) is 19.1. The number of rotatable bonds is 10. The minimum atomic E-state index is -4.01. The summed E-state index contributed by atoms with van der Waals surface area (Å²) in [5, 5.41) is 5.17. The van der Waals surface area contributed by atoms with Gasteiger partial charge in [-0.3, -0.25) is 9.59 Å². The molecule has 0 radical (unpaired) electrons. The standard InChI is InChI=1S/C23H25N3O6S/c1-3-31-19-10-12-21(13-11-19)33(29,30)26(15-20-5-4-14-32-20)16-22(27)25-18-8-6-17(7-9-18)23(28)24-2/h4-14H,3,15-16H2,1-2H3,(H,24,28)(H,25,27). The maximum absolute atomic E-state index is 13.3. The molecule has 3 rings (SSSR count). The van der Waals surface area contributed by atoms with Crippen LogP contribution >= 0.6 is 0 Å². The van der Waals surface area contributed by atoms with Crippen LogP contribution < -0.4 is 15.4 Å². The Morgan fingerprint density at radius 3 is 2.30 bits per heavy atom. The Hall–Kier alpha value is -3.63. The van der Waals surface area contributed by atoms with Crippen LogP contribution in [0.4, 0.5) is 5.69 Å². The van der Waals surface area contributed by atoms with E-state index < -0.39 is 22.5 Å². The maximum atomic E-state index is 13.3. The van der Waals surface area contributed by atoms with Crippen LogP contribution in [0.3, 0.4) is 0 Å². The summed E-state index contributed by atoms with van der Waals surface area (Å²) in [5.74, 6) is 0.155. The first-order chi connectivity index (χ1) is 15.8. The molecule has 0 atom stereocenters. The highest BCUT2D eigenvalue weighted by atomic mass is 32.2. The van der Waals surface area contributed by atoms with Gasteiger partial charge in [0.05, 0.1) is 30.9 Å². The second kappa shape index (κ2) is 10.8. The molecule has 2 amide bonds. The first kappa shape index (κ1) is 24.0. The second-order valence-electron chi connectivity index (χ2n) is 6.96. The topological polar surface area (TPSA) is 118 Å². The Balaban J connectivity index is 1.78. The molecular formula is C23H25N3O6S. The van der Waals surface area contributed by atoms with E-state index in [0.717, 1.165) is 4.31 Å². The van der Waals surface area contributed by atoms with Crippen molar-refractivity contribution >= 4 is 27.5 Å². The number of hydrogen-bond acceptors (Lipinski definition) is 6. The normalized spacial score (nSPS) is 11.2. The van der Waals surface area contributed by atoms with Gasteiger partial charge < -0.3 is 19.8 Å². The van der Waals surface area contributed by atoms with Gasteiger partial charge in [-0.05, 0) is 67.6 Å². The van der Waals surface area contributed by atoms with Gasteiger partial charge in [0, 0.05) is 18.3 Å². The third kappa shape index (κ3) is 6.21. The number of carbonyl (C=O) groups is 2. The highest BCUT2D eigenvalue weighted by molar-refractivity contribution is 7.89. The summed E-state index contributed by atoms with van der Waals surface area (Å²) in [4.78, 5) is 24.4. The summed E-state index contributed by atoms with van der Waals surface area (Å²) < 4.78 is 38.3. The minimum Gasteiger partial charge on any atom is -0.494 e. The van der Waals surface area contributed by atoms with Crippen molar-refractivity contribution in [3.8, 4) is 5.75 Å². The lowest BCUT2D eigenvalue weighted by Gasteiger charge is -2.21. The SMILES string of the molecule is CCOc1ccc(S(=O)(=O)N(CC(=O)Nc2ccc(C(=O)NC)cc2)Cc2ccco2)cc1. The van der Waals surface area contributed by atoms with Crippen molar-refractivity contribution < 1.29 is 27.2 Å². The zero-order valence-electron chi connectivity index (χ0n) is 18.3. The fourth-order valence-electron chi connectivity index (χ4n) is 3.04. The van der Waals surface area contributed by atoms with Gasteiger partial charge in [-0.1, -0.05) is 0 Å². The predicted octanol–water partition coefficient (Wildman–Crippen LogP) is 2.87. The van der Waals surface area contributed by atoms with Gasteiger partial charge in [-0.2, -0.15) is 4.31 Å². The first-order valence-electron chi connectivity index (χ1n) is 10.2. The highest BCUT2D eigenvalue weighted by Gasteiger charge is 2.28. The fraction of sp³-hybridized carbons (Fsp3) is 0.217. The van der Waals surface area contributed by atoms with E-state index in [1.54, 1.807) is 48.5 Å². The molecule has 0 fully saturated rings. The van der Waals surface area contributed by atoms with E-state index >= 15 is 0 Å². The average molecular weight is 472 g/mol. The molecule has 1 aromatic heterocycles. The van der Waals surface area contributed by atoms with E-state index in [9.17, 15) is 18.0 Å². The number of nitrogens with one attached hydrogen (secondary N) is 2. The molecule has 0 bridgehead atoms. The summed E-state index contributed by atoms with van der Waals surface area (Å²) in [7, 11) is -2.49. The highest BCUT2D eigenvalue weighted by Crippen LogP contribution is 2.22. The Morgan fingerprint density at radius 2 is 1.73 bits per heavy atom. The number of sulfonamides is 1. The quantitative estimate of drug-likeness (QED) is 0.469. The number of furan rings is 1. The van der Waals surface area contributed by atoms with Crippen LogP contribution in [0.1, 0.15) is 23.0 Å². The van der Waals surface area contributed by atoms with Crippen molar-refractivity contribution in [2.75, 3.05) is 25.5 Å². The molecule has 9 nitrogen and oxygen atoms in total. The molecule has 0 aliphatic heterocycles. The summed E-state index contributed by atoms with van der Waals surface area (Å²) in [6, 6.07) is 15.5. The number of anilines is 1. The predicted molar refractivity (Wildman–Crippen MR) is 122 cm³/mol. The van der Waals surface area contributed by atoms with Gasteiger partial charge in [0.15, 0.2) is 0 Å². The molecule has 2 N–H and O–H groups in total. The van der Waals surface area contributed by atoms with Crippen LogP contribution in [0.25, 0.3) is 0 Å². The third-order valence-electron chi connectivity index (χ3n) is 4.66. The van der Waals surface area contributed by atoms with Gasteiger partial charge in [-0.15, -0.1) is 0 Å². The first-order valence-corrected chi connectivity index (χ1v) is 11.6. The molecule has 10 heteroatoms. The van der Waals surface area contributed by atoms with E-state index in [0.29, 0.717) is 29.4 Å². The van der Waals surface area contributed by atoms with E-state index in [-0.39, 0.29) is 17.3 Å². The molecule has 0 aliphatic carbocycles. The lowest BCUT2D eigenvalue weighted by Crippen LogP contribution is -2.37. The molecule has 0 saturated heterocycles. The molecule has 2 aromatic carbocycles. The molecule has 0 saturated carbocycles. The van der Waals surface area contributed by atoms with Crippen LogP contribution in [0, 0.1) is 0 Å². The van der Waals surface area contributed by atoms with Gasteiger partial charge >= 0.3 is 0 Å². The van der Waals surface area contributed by atoms with E-state index in [4.69, 9.17) is 9.15 Å². The van der Waals surface area contributed by atoms with Gasteiger partial charge in [0.2, 0.25) is 15.9 Å². The van der Waals surface area contributed by atoms with Gasteiger partial charge in [0.25, 0.3) is 5.91 Å². The Morgan fingerprint density at radius 1 is 1.03 bits per heavy atom. The smallest absolute Gasteiger partial charge is 0.251 e. The van der Waals surface area contributed by atoms with Crippen LogP contribution in [-0.4, -0.2) is 44.7 Å².